The van der Waals surface area contributed by atoms with Crippen molar-refractivity contribution in [3.63, 3.8) is 0 Å². The summed E-state index contributed by atoms with van der Waals surface area (Å²) >= 11 is 7.23. The number of primary amides is 1. The quantitative estimate of drug-likeness (QED) is 0.603. The number of hydrogen-bond acceptors (Lipinski definition) is 5. The average molecular weight is 483 g/mol. The number of carbonyl (C=O) groups is 2. The minimum Gasteiger partial charge on any atom is -0.368 e. The number of piperidine rings is 1. The van der Waals surface area contributed by atoms with E-state index in [0.717, 1.165) is 27.6 Å². The second kappa shape index (κ2) is 8.18. The Labute approximate surface area is 189 Å². The molecular formula is C20H23ClN4O4S2. The third-order valence-corrected chi connectivity index (χ3v) is 8.72. The Morgan fingerprint density at radius 3 is 2.48 bits per heavy atom. The summed E-state index contributed by atoms with van der Waals surface area (Å²) in [6.45, 7) is 0.0720. The number of fused-ring (bicyclic) bond motifs is 1. The topological polar surface area (TPSA) is 136 Å². The normalized spacial score (nSPS) is 21.6. The van der Waals surface area contributed by atoms with Crippen molar-refractivity contribution in [3.05, 3.63) is 50.2 Å². The number of rotatable bonds is 5. The molecule has 1 aromatic carbocycles. The summed E-state index contributed by atoms with van der Waals surface area (Å²) in [6, 6.07) is 6.66. The van der Waals surface area contributed by atoms with Crippen molar-refractivity contribution in [2.24, 2.45) is 10.9 Å². The molecule has 5 N–H and O–H groups in total. The number of benzene rings is 1. The van der Waals surface area contributed by atoms with Gasteiger partial charge in [0.25, 0.3) is 16.1 Å². The molecular weight excluding hydrogens is 460 g/mol. The number of hydrogen-bond donors (Lipinski definition) is 3. The molecule has 2 aromatic rings. The van der Waals surface area contributed by atoms with E-state index < -0.39 is 27.6 Å². The Morgan fingerprint density at radius 1 is 1.13 bits per heavy atom. The lowest BCUT2D eigenvalue weighted by Gasteiger charge is -2.42. The molecule has 2 aliphatic rings. The first-order chi connectivity index (χ1) is 14.6. The molecule has 1 fully saturated rings. The Morgan fingerprint density at radius 2 is 1.84 bits per heavy atom. The maximum absolute atomic E-state index is 13.4. The van der Waals surface area contributed by atoms with Crippen LogP contribution >= 0.6 is 22.9 Å². The van der Waals surface area contributed by atoms with Crippen molar-refractivity contribution in [1.29, 1.82) is 0 Å². The van der Waals surface area contributed by atoms with Crippen LogP contribution in [0.4, 0.5) is 5.69 Å². The standard InChI is InChI=1S/C20H23ClN4O4S2/c21-12-6-8-13(9-7-12)24-18(26)16-14-4-3-5-15(14)30-17(16)20(19(22)27)10-1-2-11-25(20)31(23,28)29/h6-9H,1-5,10-11H2,(H2,22,27)(H,24,26)(H2,23,28,29). The zero-order valence-corrected chi connectivity index (χ0v) is 19.1. The number of halogens is 1. The van der Waals surface area contributed by atoms with Gasteiger partial charge in [0.05, 0.1) is 5.56 Å². The lowest BCUT2D eigenvalue weighted by molar-refractivity contribution is -0.129. The van der Waals surface area contributed by atoms with Gasteiger partial charge in [0.2, 0.25) is 5.91 Å². The van der Waals surface area contributed by atoms with Gasteiger partial charge in [0, 0.05) is 27.0 Å². The van der Waals surface area contributed by atoms with Gasteiger partial charge in [-0.15, -0.1) is 11.3 Å². The minimum absolute atomic E-state index is 0.0720. The molecule has 1 unspecified atom stereocenters. The van der Waals surface area contributed by atoms with E-state index in [-0.39, 0.29) is 13.0 Å². The first-order valence-corrected chi connectivity index (χ1v) is 12.7. The van der Waals surface area contributed by atoms with Gasteiger partial charge in [0.15, 0.2) is 0 Å². The molecule has 2 amide bonds. The maximum atomic E-state index is 13.4. The van der Waals surface area contributed by atoms with Crippen molar-refractivity contribution >= 4 is 50.6 Å². The zero-order chi connectivity index (χ0) is 22.4. The minimum atomic E-state index is -4.23. The Kier molecular flexibility index (Phi) is 5.86. The van der Waals surface area contributed by atoms with E-state index in [0.29, 0.717) is 40.4 Å². The molecule has 1 atom stereocenters. The number of nitrogens with one attached hydrogen (secondary N) is 1. The van der Waals surface area contributed by atoms with Crippen LogP contribution in [-0.4, -0.2) is 31.1 Å². The number of nitrogens with two attached hydrogens (primary N) is 2. The number of carbonyl (C=O) groups excluding carboxylic acids is 2. The number of aryl methyl sites for hydroxylation is 1. The molecule has 8 nitrogen and oxygen atoms in total. The predicted octanol–water partition coefficient (Wildman–Crippen LogP) is 2.51. The summed E-state index contributed by atoms with van der Waals surface area (Å²) in [5.41, 5.74) is 5.89. The van der Waals surface area contributed by atoms with E-state index in [4.69, 9.17) is 22.5 Å². The summed E-state index contributed by atoms with van der Waals surface area (Å²) < 4.78 is 25.9. The van der Waals surface area contributed by atoms with Gasteiger partial charge in [-0.3, -0.25) is 9.59 Å². The molecule has 0 bridgehead atoms. The van der Waals surface area contributed by atoms with Crippen LogP contribution < -0.4 is 16.2 Å². The van der Waals surface area contributed by atoms with E-state index in [1.807, 2.05) is 0 Å². The Balaban J connectivity index is 1.87. The Hall–Kier alpha value is -1.98. The van der Waals surface area contributed by atoms with Gasteiger partial charge in [-0.1, -0.05) is 11.6 Å². The predicted molar refractivity (Wildman–Crippen MR) is 120 cm³/mol. The molecule has 1 aliphatic carbocycles. The monoisotopic (exact) mass is 482 g/mol. The first kappa shape index (κ1) is 22.2. The third-order valence-electron chi connectivity index (χ3n) is 5.92. The molecule has 166 valence electrons. The summed E-state index contributed by atoms with van der Waals surface area (Å²) in [5.74, 6) is -1.22. The van der Waals surface area contributed by atoms with Gasteiger partial charge in [0.1, 0.15) is 5.54 Å². The first-order valence-electron chi connectivity index (χ1n) is 9.97. The van der Waals surface area contributed by atoms with E-state index in [1.165, 1.54) is 11.3 Å². The SMILES string of the molecule is NC(=O)C1(c2sc3c(c2C(=O)Nc2ccc(Cl)cc2)CCC3)CCCCN1S(N)(=O)=O. The fraction of sp³-hybridized carbons (Fsp3) is 0.400. The second-order valence-corrected chi connectivity index (χ2v) is 10.8. The van der Waals surface area contributed by atoms with Crippen LogP contribution in [0.1, 0.15) is 51.4 Å². The van der Waals surface area contributed by atoms with Crippen molar-refractivity contribution in [2.75, 3.05) is 11.9 Å². The summed E-state index contributed by atoms with van der Waals surface area (Å²) in [5, 5.41) is 8.88. The summed E-state index contributed by atoms with van der Waals surface area (Å²) in [6.07, 6.45) is 3.67. The zero-order valence-electron chi connectivity index (χ0n) is 16.7. The van der Waals surface area contributed by atoms with Crippen molar-refractivity contribution in [1.82, 2.24) is 4.31 Å². The highest BCUT2D eigenvalue weighted by Crippen LogP contribution is 2.47. The summed E-state index contributed by atoms with van der Waals surface area (Å²) in [4.78, 5) is 27.6. The molecule has 0 radical (unpaired) electrons. The summed E-state index contributed by atoms with van der Waals surface area (Å²) in [7, 11) is -4.23. The fourth-order valence-electron chi connectivity index (χ4n) is 4.54. The number of amides is 2. The van der Waals surface area contributed by atoms with Crippen LogP contribution in [0.3, 0.4) is 0 Å². The molecule has 0 spiro atoms. The van der Waals surface area contributed by atoms with Gasteiger partial charge in [-0.2, -0.15) is 12.7 Å². The largest absolute Gasteiger partial charge is 0.368 e. The smallest absolute Gasteiger partial charge is 0.278 e. The van der Waals surface area contributed by atoms with Crippen LogP contribution in [-0.2, 0) is 33.4 Å². The highest BCUT2D eigenvalue weighted by atomic mass is 35.5. The van der Waals surface area contributed by atoms with E-state index in [1.54, 1.807) is 24.3 Å². The van der Waals surface area contributed by atoms with Gasteiger partial charge in [-0.05, 0) is 68.4 Å². The van der Waals surface area contributed by atoms with Crippen LogP contribution in [0.5, 0.6) is 0 Å². The van der Waals surface area contributed by atoms with Crippen molar-refractivity contribution in [2.45, 2.75) is 44.1 Å². The maximum Gasteiger partial charge on any atom is 0.278 e. The number of thiophene rings is 1. The highest BCUT2D eigenvalue weighted by Gasteiger charge is 2.53. The van der Waals surface area contributed by atoms with E-state index in [9.17, 15) is 18.0 Å². The molecule has 1 aromatic heterocycles. The van der Waals surface area contributed by atoms with Gasteiger partial charge >= 0.3 is 0 Å². The molecule has 1 aliphatic heterocycles. The third kappa shape index (κ3) is 3.87. The lowest BCUT2D eigenvalue weighted by Crippen LogP contribution is -2.60. The molecule has 11 heteroatoms. The molecule has 2 heterocycles. The molecule has 31 heavy (non-hydrogen) atoms. The van der Waals surface area contributed by atoms with Crippen molar-refractivity contribution < 1.29 is 18.0 Å². The Bertz CT molecular complexity index is 1150. The molecule has 4 rings (SSSR count). The van der Waals surface area contributed by atoms with Crippen LogP contribution in [0.2, 0.25) is 5.02 Å². The second-order valence-electron chi connectivity index (χ2n) is 7.82. The molecule has 1 saturated heterocycles. The van der Waals surface area contributed by atoms with Gasteiger partial charge < -0.3 is 11.1 Å². The van der Waals surface area contributed by atoms with Gasteiger partial charge in [-0.25, -0.2) is 5.14 Å². The average Bonchev–Trinajstić information content (AvgIpc) is 3.30. The van der Waals surface area contributed by atoms with E-state index in [2.05, 4.69) is 5.32 Å². The van der Waals surface area contributed by atoms with Crippen molar-refractivity contribution in [3.8, 4) is 0 Å². The van der Waals surface area contributed by atoms with Crippen LogP contribution in [0.25, 0.3) is 0 Å². The van der Waals surface area contributed by atoms with E-state index >= 15 is 0 Å². The van der Waals surface area contributed by atoms with Crippen LogP contribution in [0, 0.1) is 0 Å². The lowest BCUT2D eigenvalue weighted by atomic mass is 9.83. The molecule has 0 saturated carbocycles. The number of anilines is 1. The number of nitrogens with zero attached hydrogens (tertiary/aromatic N) is 1. The van der Waals surface area contributed by atoms with Crippen LogP contribution in [0.15, 0.2) is 24.3 Å². The fourth-order valence-corrected chi connectivity index (χ4v) is 7.44. The highest BCUT2D eigenvalue weighted by molar-refractivity contribution is 7.86.